The van der Waals surface area contributed by atoms with Crippen LogP contribution in [0, 0.1) is 13.8 Å². The third-order valence-electron chi connectivity index (χ3n) is 5.06. The Hall–Kier alpha value is -1.95. The minimum atomic E-state index is 0. The molecule has 0 saturated heterocycles. The molecule has 0 aliphatic carbocycles. The van der Waals surface area contributed by atoms with Crippen LogP contribution in [0.4, 0.5) is 5.13 Å². The zero-order valence-corrected chi connectivity index (χ0v) is 20.6. The first kappa shape index (κ1) is 24.3. The van der Waals surface area contributed by atoms with E-state index in [1.54, 1.807) is 11.3 Å². The number of hydrogen-bond acceptors (Lipinski definition) is 4. The summed E-state index contributed by atoms with van der Waals surface area (Å²) in [6, 6.07) is 12.3. The highest BCUT2D eigenvalue weighted by molar-refractivity contribution is 7.22. The second-order valence-electron chi connectivity index (χ2n) is 9.01. The zero-order chi connectivity index (χ0) is 21.3. The summed E-state index contributed by atoms with van der Waals surface area (Å²) in [6.07, 6.45) is 0. The molecular weight excluding hydrogens is 414 g/mol. The minimum absolute atomic E-state index is 0. The predicted octanol–water partition coefficient (Wildman–Crippen LogP) is 5.84. The molecule has 0 atom stereocenters. The van der Waals surface area contributed by atoms with Gasteiger partial charge < -0.3 is 4.90 Å². The van der Waals surface area contributed by atoms with Crippen LogP contribution in [-0.4, -0.2) is 43.0 Å². The SMILES string of the molecule is Cc1cc(C)c2nc(N(CCN(C)C)C(=O)c3ccc(C(C)(C)C)cc3)sc2c1.Cl. The number of aryl methyl sites for hydroxylation is 2. The first-order valence-electron chi connectivity index (χ1n) is 10.0. The van der Waals surface area contributed by atoms with E-state index >= 15 is 0 Å². The van der Waals surface area contributed by atoms with E-state index in [2.05, 4.69) is 63.8 Å². The van der Waals surface area contributed by atoms with Crippen LogP contribution in [-0.2, 0) is 5.41 Å². The van der Waals surface area contributed by atoms with Crippen molar-refractivity contribution in [1.82, 2.24) is 9.88 Å². The van der Waals surface area contributed by atoms with Gasteiger partial charge in [-0.15, -0.1) is 12.4 Å². The van der Waals surface area contributed by atoms with Crippen molar-refractivity contribution in [2.75, 3.05) is 32.1 Å². The molecule has 0 bridgehead atoms. The number of carbonyl (C=O) groups excluding carboxylic acids is 1. The number of anilines is 1. The average molecular weight is 446 g/mol. The third-order valence-corrected chi connectivity index (χ3v) is 6.09. The van der Waals surface area contributed by atoms with Gasteiger partial charge in [0.1, 0.15) is 0 Å². The lowest BCUT2D eigenvalue weighted by Crippen LogP contribution is -2.36. The van der Waals surface area contributed by atoms with Gasteiger partial charge in [0.05, 0.1) is 10.2 Å². The minimum Gasteiger partial charge on any atom is -0.308 e. The predicted molar refractivity (Wildman–Crippen MR) is 132 cm³/mol. The number of likely N-dealkylation sites (N-methyl/N-ethyl adjacent to an activating group) is 1. The fourth-order valence-electron chi connectivity index (χ4n) is 3.33. The molecule has 4 nitrogen and oxygen atoms in total. The van der Waals surface area contributed by atoms with Crippen LogP contribution in [0.1, 0.15) is 47.8 Å². The second-order valence-corrected chi connectivity index (χ2v) is 10.0. The molecule has 1 amide bonds. The highest BCUT2D eigenvalue weighted by Crippen LogP contribution is 2.32. The van der Waals surface area contributed by atoms with Crippen LogP contribution in [0.5, 0.6) is 0 Å². The Kier molecular flexibility index (Phi) is 7.67. The van der Waals surface area contributed by atoms with Gasteiger partial charge in [0.2, 0.25) is 0 Å². The Morgan fingerprint density at radius 2 is 1.67 bits per heavy atom. The van der Waals surface area contributed by atoms with Crippen LogP contribution >= 0.6 is 23.7 Å². The van der Waals surface area contributed by atoms with Crippen molar-refractivity contribution in [2.45, 2.75) is 40.0 Å². The smallest absolute Gasteiger partial charge is 0.260 e. The number of hydrogen-bond donors (Lipinski definition) is 0. The van der Waals surface area contributed by atoms with Crippen molar-refractivity contribution in [3.05, 3.63) is 58.7 Å². The van der Waals surface area contributed by atoms with Crippen molar-refractivity contribution in [3.8, 4) is 0 Å². The molecule has 0 spiro atoms. The Labute approximate surface area is 190 Å². The van der Waals surface area contributed by atoms with Gasteiger partial charge in [-0.2, -0.15) is 0 Å². The summed E-state index contributed by atoms with van der Waals surface area (Å²) in [6.45, 7) is 12.1. The first-order chi connectivity index (χ1) is 13.6. The highest BCUT2D eigenvalue weighted by Gasteiger charge is 2.23. The molecular formula is C24H32ClN3OS. The van der Waals surface area contributed by atoms with E-state index in [-0.39, 0.29) is 23.7 Å². The number of nitrogens with zero attached hydrogens (tertiary/aromatic N) is 3. The molecule has 1 aromatic heterocycles. The lowest BCUT2D eigenvalue weighted by molar-refractivity contribution is 0.0985. The molecule has 3 rings (SSSR count). The summed E-state index contributed by atoms with van der Waals surface area (Å²) in [5.41, 5.74) is 5.34. The van der Waals surface area contributed by atoms with Crippen LogP contribution in [0.2, 0.25) is 0 Å². The maximum absolute atomic E-state index is 13.4. The molecule has 0 saturated carbocycles. The number of thiazole rings is 1. The molecule has 3 aromatic rings. The van der Waals surface area contributed by atoms with Crippen LogP contribution in [0.15, 0.2) is 36.4 Å². The molecule has 6 heteroatoms. The normalized spacial score (nSPS) is 11.6. The van der Waals surface area contributed by atoms with Crippen molar-refractivity contribution >= 4 is 45.0 Å². The van der Waals surface area contributed by atoms with Gasteiger partial charge in [-0.3, -0.25) is 9.69 Å². The molecule has 30 heavy (non-hydrogen) atoms. The van der Waals surface area contributed by atoms with Crippen molar-refractivity contribution in [1.29, 1.82) is 0 Å². The number of amides is 1. The standard InChI is InChI=1S/C24H31N3OS.ClH/c1-16-14-17(2)21-20(15-16)29-23(25-21)27(13-12-26(6)7)22(28)18-8-10-19(11-9-18)24(3,4)5;/h8-11,14-15H,12-13H2,1-7H3;1H. The Morgan fingerprint density at radius 3 is 2.23 bits per heavy atom. The van der Waals surface area contributed by atoms with Crippen LogP contribution < -0.4 is 4.90 Å². The summed E-state index contributed by atoms with van der Waals surface area (Å²) < 4.78 is 1.13. The van der Waals surface area contributed by atoms with E-state index in [0.717, 1.165) is 27.5 Å². The Morgan fingerprint density at radius 1 is 1.03 bits per heavy atom. The molecule has 0 fully saturated rings. The fraction of sp³-hybridized carbons (Fsp3) is 0.417. The molecule has 0 aliphatic heterocycles. The Bertz CT molecular complexity index is 1020. The summed E-state index contributed by atoms with van der Waals surface area (Å²) in [5, 5.41) is 0.764. The van der Waals surface area contributed by atoms with E-state index in [1.165, 1.54) is 11.1 Å². The number of fused-ring (bicyclic) bond motifs is 1. The van der Waals surface area contributed by atoms with Gasteiger partial charge in [-0.05, 0) is 68.2 Å². The van der Waals surface area contributed by atoms with Crippen LogP contribution in [0.3, 0.4) is 0 Å². The molecule has 2 aromatic carbocycles. The summed E-state index contributed by atoms with van der Waals surface area (Å²) in [5.74, 6) is 0.000685. The topological polar surface area (TPSA) is 36.4 Å². The Balaban J connectivity index is 0.00000320. The number of rotatable bonds is 5. The maximum Gasteiger partial charge on any atom is 0.260 e. The van der Waals surface area contributed by atoms with Gasteiger partial charge in [0.15, 0.2) is 5.13 Å². The number of carbonyl (C=O) groups is 1. The van der Waals surface area contributed by atoms with Gasteiger partial charge in [-0.1, -0.05) is 50.3 Å². The molecule has 0 radical (unpaired) electrons. The summed E-state index contributed by atoms with van der Waals surface area (Å²) in [7, 11) is 4.04. The summed E-state index contributed by atoms with van der Waals surface area (Å²) in [4.78, 5) is 22.2. The monoisotopic (exact) mass is 445 g/mol. The number of aromatic nitrogens is 1. The van der Waals surface area contributed by atoms with Crippen molar-refractivity contribution in [3.63, 3.8) is 0 Å². The largest absolute Gasteiger partial charge is 0.308 e. The molecule has 0 aliphatic rings. The second kappa shape index (κ2) is 9.46. The maximum atomic E-state index is 13.4. The third kappa shape index (κ3) is 5.39. The summed E-state index contributed by atoms with van der Waals surface area (Å²) >= 11 is 1.59. The lowest BCUT2D eigenvalue weighted by atomic mass is 9.86. The fourth-order valence-corrected chi connectivity index (χ4v) is 4.49. The molecule has 0 N–H and O–H groups in total. The van der Waals surface area contributed by atoms with Crippen molar-refractivity contribution < 1.29 is 4.79 Å². The van der Waals surface area contributed by atoms with Crippen molar-refractivity contribution in [2.24, 2.45) is 0 Å². The quantitative estimate of drug-likeness (QED) is 0.494. The van der Waals surface area contributed by atoms with Gasteiger partial charge in [0, 0.05) is 18.7 Å². The van der Waals surface area contributed by atoms with Gasteiger partial charge in [-0.25, -0.2) is 4.98 Å². The van der Waals surface area contributed by atoms with Gasteiger partial charge >= 0.3 is 0 Å². The lowest BCUT2D eigenvalue weighted by Gasteiger charge is -2.23. The highest BCUT2D eigenvalue weighted by atomic mass is 35.5. The number of benzene rings is 2. The number of halogens is 1. The molecule has 162 valence electrons. The van der Waals surface area contributed by atoms with E-state index in [0.29, 0.717) is 12.1 Å². The van der Waals surface area contributed by atoms with E-state index in [1.807, 2.05) is 31.1 Å². The average Bonchev–Trinajstić information content (AvgIpc) is 3.05. The van der Waals surface area contributed by atoms with E-state index in [9.17, 15) is 4.79 Å². The van der Waals surface area contributed by atoms with Crippen LogP contribution in [0.25, 0.3) is 10.2 Å². The first-order valence-corrected chi connectivity index (χ1v) is 10.8. The van der Waals surface area contributed by atoms with E-state index < -0.39 is 0 Å². The molecule has 1 heterocycles. The molecule has 0 unspecified atom stereocenters. The van der Waals surface area contributed by atoms with E-state index in [4.69, 9.17) is 4.98 Å². The van der Waals surface area contributed by atoms with Gasteiger partial charge in [0.25, 0.3) is 5.91 Å². The zero-order valence-electron chi connectivity index (χ0n) is 18.9.